The van der Waals surface area contributed by atoms with Crippen molar-refractivity contribution in [1.29, 1.82) is 0 Å². The van der Waals surface area contributed by atoms with Gasteiger partial charge in [-0.05, 0) is 19.9 Å². The van der Waals surface area contributed by atoms with Crippen LogP contribution < -0.4 is 11.1 Å². The predicted octanol–water partition coefficient (Wildman–Crippen LogP) is -0.992. The first kappa shape index (κ1) is 12.6. The van der Waals surface area contributed by atoms with Gasteiger partial charge in [0.25, 0.3) is 5.91 Å². The molecule has 1 aliphatic rings. The first-order valence-corrected chi connectivity index (χ1v) is 5.89. The molecule has 98 valence electrons. The summed E-state index contributed by atoms with van der Waals surface area (Å²) < 4.78 is 0. The highest BCUT2D eigenvalue weighted by atomic mass is 16.2. The minimum atomic E-state index is -0.503. The van der Waals surface area contributed by atoms with Crippen molar-refractivity contribution in [2.24, 2.45) is 5.73 Å². The van der Waals surface area contributed by atoms with Gasteiger partial charge in [0.15, 0.2) is 0 Å². The van der Waals surface area contributed by atoms with Crippen molar-refractivity contribution in [3.8, 4) is 0 Å². The molecule has 7 heteroatoms. The molecular formula is C11H17N5O2. The number of aromatic amines is 1. The number of nitrogens with zero attached hydrogens (tertiary/aromatic N) is 2. The molecule has 1 unspecified atom stereocenters. The van der Waals surface area contributed by atoms with Gasteiger partial charge in [-0.2, -0.15) is 5.10 Å². The highest BCUT2D eigenvalue weighted by Gasteiger charge is 2.29. The summed E-state index contributed by atoms with van der Waals surface area (Å²) in [6, 6.07) is 0.0132. The number of primary amides is 1. The van der Waals surface area contributed by atoms with Crippen molar-refractivity contribution in [3.05, 3.63) is 17.5 Å². The lowest BCUT2D eigenvalue weighted by molar-refractivity contribution is -0.119. The number of aromatic nitrogens is 2. The van der Waals surface area contributed by atoms with Crippen molar-refractivity contribution in [3.63, 3.8) is 0 Å². The van der Waals surface area contributed by atoms with Crippen LogP contribution in [0.5, 0.6) is 0 Å². The Morgan fingerprint density at radius 3 is 2.89 bits per heavy atom. The third-order valence-electron chi connectivity index (χ3n) is 3.12. The van der Waals surface area contributed by atoms with Crippen LogP contribution in [0.2, 0.25) is 0 Å². The van der Waals surface area contributed by atoms with Gasteiger partial charge in [-0.15, -0.1) is 0 Å². The lowest BCUT2D eigenvalue weighted by Gasteiger charge is -2.27. The molecule has 2 amide bonds. The molecule has 0 aromatic carbocycles. The number of amides is 2. The number of aryl methyl sites for hydroxylation is 1. The van der Waals surface area contributed by atoms with Gasteiger partial charge >= 0.3 is 0 Å². The molecule has 4 N–H and O–H groups in total. The molecule has 0 saturated carbocycles. The van der Waals surface area contributed by atoms with Crippen molar-refractivity contribution >= 4 is 11.8 Å². The fourth-order valence-corrected chi connectivity index (χ4v) is 2.16. The van der Waals surface area contributed by atoms with Gasteiger partial charge in [0.1, 0.15) is 0 Å². The Morgan fingerprint density at radius 2 is 2.39 bits per heavy atom. The Labute approximate surface area is 105 Å². The van der Waals surface area contributed by atoms with Crippen molar-refractivity contribution in [2.45, 2.75) is 19.4 Å². The minimum Gasteiger partial charge on any atom is -0.368 e. The van der Waals surface area contributed by atoms with Gasteiger partial charge in [0, 0.05) is 18.3 Å². The second kappa shape index (κ2) is 5.18. The molecule has 1 atom stereocenters. The van der Waals surface area contributed by atoms with Crippen LogP contribution in [-0.4, -0.2) is 52.6 Å². The van der Waals surface area contributed by atoms with E-state index in [9.17, 15) is 9.59 Å². The number of nitrogens with two attached hydrogens (primary N) is 1. The standard InChI is InChI=1S/C11H17N5O2/c1-7-9(5-14-15-7)11(18)16(6-10(12)17)8-2-3-13-4-8/h5,8,13H,2-4,6H2,1H3,(H2,12,17)(H,14,15). The largest absolute Gasteiger partial charge is 0.368 e. The molecule has 7 nitrogen and oxygen atoms in total. The van der Waals surface area contributed by atoms with E-state index in [1.807, 2.05) is 0 Å². The van der Waals surface area contributed by atoms with Crippen molar-refractivity contribution < 1.29 is 9.59 Å². The monoisotopic (exact) mass is 251 g/mol. The minimum absolute atomic E-state index is 0.0132. The third kappa shape index (κ3) is 2.51. The predicted molar refractivity (Wildman–Crippen MR) is 64.8 cm³/mol. The Bertz CT molecular complexity index is 450. The lowest BCUT2D eigenvalue weighted by atomic mass is 10.1. The van der Waals surface area contributed by atoms with E-state index in [4.69, 9.17) is 5.73 Å². The third-order valence-corrected chi connectivity index (χ3v) is 3.12. The first-order chi connectivity index (χ1) is 8.59. The summed E-state index contributed by atoms with van der Waals surface area (Å²) in [5, 5.41) is 9.72. The lowest BCUT2D eigenvalue weighted by Crippen LogP contribution is -2.46. The Kier molecular flexibility index (Phi) is 3.61. The van der Waals surface area contributed by atoms with E-state index < -0.39 is 5.91 Å². The Morgan fingerprint density at radius 1 is 1.61 bits per heavy atom. The fourth-order valence-electron chi connectivity index (χ4n) is 2.16. The summed E-state index contributed by atoms with van der Waals surface area (Å²) >= 11 is 0. The SMILES string of the molecule is Cc1[nH]ncc1C(=O)N(CC(N)=O)C1CCNC1. The molecule has 1 fully saturated rings. The molecular weight excluding hydrogens is 234 g/mol. The summed E-state index contributed by atoms with van der Waals surface area (Å²) in [4.78, 5) is 25.0. The molecule has 2 rings (SSSR count). The average Bonchev–Trinajstić information content (AvgIpc) is 2.95. The number of H-pyrrole nitrogens is 1. The number of rotatable bonds is 4. The molecule has 1 aliphatic heterocycles. The molecule has 0 bridgehead atoms. The molecule has 0 spiro atoms. The molecule has 18 heavy (non-hydrogen) atoms. The molecule has 2 heterocycles. The van der Waals surface area contributed by atoms with Crippen LogP contribution >= 0.6 is 0 Å². The first-order valence-electron chi connectivity index (χ1n) is 5.89. The maximum absolute atomic E-state index is 12.4. The summed E-state index contributed by atoms with van der Waals surface area (Å²) in [5.74, 6) is -0.704. The van der Waals surface area contributed by atoms with Crippen LogP contribution in [0.15, 0.2) is 6.20 Å². The summed E-state index contributed by atoms with van der Waals surface area (Å²) in [5.41, 5.74) is 6.40. The Balaban J connectivity index is 2.20. The number of hydrogen-bond donors (Lipinski definition) is 3. The summed E-state index contributed by atoms with van der Waals surface area (Å²) in [6.45, 7) is 3.25. The second-order valence-corrected chi connectivity index (χ2v) is 4.45. The summed E-state index contributed by atoms with van der Waals surface area (Å²) in [6.07, 6.45) is 2.31. The molecule has 1 saturated heterocycles. The molecule has 1 aromatic rings. The van der Waals surface area contributed by atoms with Crippen LogP contribution in [-0.2, 0) is 4.79 Å². The fraction of sp³-hybridized carbons (Fsp3) is 0.545. The zero-order valence-electron chi connectivity index (χ0n) is 10.3. The van der Waals surface area contributed by atoms with Gasteiger partial charge in [-0.25, -0.2) is 0 Å². The maximum Gasteiger partial charge on any atom is 0.258 e. The average molecular weight is 251 g/mol. The van der Waals surface area contributed by atoms with E-state index >= 15 is 0 Å². The summed E-state index contributed by atoms with van der Waals surface area (Å²) in [7, 11) is 0. The number of hydrogen-bond acceptors (Lipinski definition) is 4. The van der Waals surface area contributed by atoms with Crippen LogP contribution in [0, 0.1) is 6.92 Å². The van der Waals surface area contributed by atoms with E-state index in [0.717, 1.165) is 13.0 Å². The zero-order chi connectivity index (χ0) is 13.1. The van der Waals surface area contributed by atoms with E-state index in [1.54, 1.807) is 6.92 Å². The topological polar surface area (TPSA) is 104 Å². The van der Waals surface area contributed by atoms with Gasteiger partial charge in [-0.1, -0.05) is 0 Å². The van der Waals surface area contributed by atoms with E-state index in [1.165, 1.54) is 11.1 Å². The van der Waals surface area contributed by atoms with Gasteiger partial charge in [-0.3, -0.25) is 14.7 Å². The van der Waals surface area contributed by atoms with E-state index in [-0.39, 0.29) is 18.5 Å². The molecule has 0 radical (unpaired) electrons. The van der Waals surface area contributed by atoms with E-state index in [0.29, 0.717) is 17.8 Å². The van der Waals surface area contributed by atoms with Crippen LogP contribution in [0.3, 0.4) is 0 Å². The van der Waals surface area contributed by atoms with Crippen LogP contribution in [0.1, 0.15) is 22.5 Å². The normalized spacial score (nSPS) is 18.8. The quantitative estimate of drug-likeness (QED) is 0.639. The smallest absolute Gasteiger partial charge is 0.258 e. The second-order valence-electron chi connectivity index (χ2n) is 4.45. The van der Waals surface area contributed by atoms with Gasteiger partial charge in [0.05, 0.1) is 18.3 Å². The highest BCUT2D eigenvalue weighted by molar-refractivity contribution is 5.97. The van der Waals surface area contributed by atoms with Gasteiger partial charge < -0.3 is 16.0 Å². The van der Waals surface area contributed by atoms with Crippen molar-refractivity contribution in [1.82, 2.24) is 20.4 Å². The van der Waals surface area contributed by atoms with Gasteiger partial charge in [0.2, 0.25) is 5.91 Å². The maximum atomic E-state index is 12.4. The Hall–Kier alpha value is -1.89. The molecule has 0 aliphatic carbocycles. The highest BCUT2D eigenvalue weighted by Crippen LogP contribution is 2.14. The van der Waals surface area contributed by atoms with Crippen LogP contribution in [0.4, 0.5) is 0 Å². The molecule has 1 aromatic heterocycles. The van der Waals surface area contributed by atoms with Crippen molar-refractivity contribution in [2.75, 3.05) is 19.6 Å². The zero-order valence-corrected chi connectivity index (χ0v) is 10.3. The number of nitrogens with one attached hydrogen (secondary N) is 2. The number of carbonyl (C=O) groups is 2. The van der Waals surface area contributed by atoms with Crippen LogP contribution in [0.25, 0.3) is 0 Å². The number of carbonyl (C=O) groups excluding carboxylic acids is 2. The van der Waals surface area contributed by atoms with E-state index in [2.05, 4.69) is 15.5 Å².